The van der Waals surface area contributed by atoms with Gasteiger partial charge in [0.15, 0.2) is 9.84 Å². The van der Waals surface area contributed by atoms with Gasteiger partial charge in [-0.25, -0.2) is 8.42 Å². The fourth-order valence-electron chi connectivity index (χ4n) is 4.05. The predicted molar refractivity (Wildman–Crippen MR) is 147 cm³/mol. The maximum Gasteiger partial charge on any atom is 0.255 e. The van der Waals surface area contributed by atoms with E-state index in [-0.39, 0.29) is 11.7 Å². The summed E-state index contributed by atoms with van der Waals surface area (Å²) in [6.07, 6.45) is 5.31. The molecule has 9 heteroatoms. The van der Waals surface area contributed by atoms with Crippen molar-refractivity contribution in [2.45, 2.75) is 18.6 Å². The Morgan fingerprint density at radius 3 is 2.63 bits per heavy atom. The summed E-state index contributed by atoms with van der Waals surface area (Å²) in [7, 11) is -3.25. The number of rotatable bonds is 9. The highest BCUT2D eigenvalue weighted by Crippen LogP contribution is 2.28. The van der Waals surface area contributed by atoms with Crippen molar-refractivity contribution in [3.63, 3.8) is 0 Å². The molecule has 0 aliphatic carbocycles. The van der Waals surface area contributed by atoms with Crippen molar-refractivity contribution in [2.75, 3.05) is 37.8 Å². The van der Waals surface area contributed by atoms with Gasteiger partial charge in [-0.3, -0.25) is 14.7 Å². The van der Waals surface area contributed by atoms with Crippen LogP contribution in [-0.2, 0) is 15.6 Å². The van der Waals surface area contributed by atoms with Gasteiger partial charge in [0.2, 0.25) is 0 Å². The van der Waals surface area contributed by atoms with Crippen molar-refractivity contribution in [1.82, 2.24) is 9.88 Å². The smallest absolute Gasteiger partial charge is 0.255 e. The summed E-state index contributed by atoms with van der Waals surface area (Å²) >= 11 is 2.25. The van der Waals surface area contributed by atoms with Gasteiger partial charge in [-0.15, -0.1) is 0 Å². The molecule has 0 atom stereocenters. The molecule has 2 heterocycles. The molecular formula is C26H28IN3O4S. The lowest BCUT2D eigenvalue weighted by atomic mass is 10.1. The van der Waals surface area contributed by atoms with Crippen molar-refractivity contribution in [1.29, 1.82) is 0 Å². The van der Waals surface area contributed by atoms with E-state index < -0.39 is 9.84 Å². The zero-order valence-electron chi connectivity index (χ0n) is 19.5. The first-order valence-corrected chi connectivity index (χ1v) is 14.6. The largest absolute Gasteiger partial charge is 0.492 e. The van der Waals surface area contributed by atoms with Gasteiger partial charge in [0.25, 0.3) is 5.91 Å². The van der Waals surface area contributed by atoms with Gasteiger partial charge < -0.3 is 10.1 Å². The highest BCUT2D eigenvalue weighted by Gasteiger charge is 2.17. The van der Waals surface area contributed by atoms with Crippen molar-refractivity contribution in [2.24, 2.45) is 0 Å². The van der Waals surface area contributed by atoms with Gasteiger partial charge in [0, 0.05) is 44.9 Å². The van der Waals surface area contributed by atoms with Crippen LogP contribution in [0.5, 0.6) is 5.75 Å². The van der Waals surface area contributed by atoms with Gasteiger partial charge in [-0.05, 0) is 91.0 Å². The van der Waals surface area contributed by atoms with E-state index >= 15 is 0 Å². The number of likely N-dealkylation sites (tertiary alicyclic amines) is 1. The van der Waals surface area contributed by atoms with E-state index in [2.05, 4.69) is 37.8 Å². The fourth-order valence-corrected chi connectivity index (χ4v) is 5.46. The molecule has 7 nitrogen and oxygen atoms in total. The first-order chi connectivity index (χ1) is 16.8. The zero-order chi connectivity index (χ0) is 24.8. The number of nitrogens with zero attached hydrogens (tertiary/aromatic N) is 2. The number of anilines is 1. The summed E-state index contributed by atoms with van der Waals surface area (Å²) in [5, 5.41) is 2.94. The minimum Gasteiger partial charge on any atom is -0.492 e. The number of hydrogen-bond acceptors (Lipinski definition) is 6. The van der Waals surface area contributed by atoms with Crippen molar-refractivity contribution < 1.29 is 17.9 Å². The molecule has 3 aromatic rings. The van der Waals surface area contributed by atoms with E-state index in [1.807, 2.05) is 36.4 Å². The lowest BCUT2D eigenvalue weighted by Crippen LogP contribution is -2.25. The molecule has 0 saturated carbocycles. The average Bonchev–Trinajstić information content (AvgIpc) is 3.34. The van der Waals surface area contributed by atoms with Gasteiger partial charge in [-0.2, -0.15) is 0 Å². The Morgan fingerprint density at radius 2 is 1.91 bits per heavy atom. The number of benzene rings is 2. The Hall–Kier alpha value is -2.50. The Balaban J connectivity index is 1.52. The molecule has 0 spiro atoms. The van der Waals surface area contributed by atoms with Crippen LogP contribution >= 0.6 is 22.6 Å². The van der Waals surface area contributed by atoms with Crippen LogP contribution in [-0.4, -0.2) is 56.7 Å². The molecule has 184 valence electrons. The number of ether oxygens (including phenoxy) is 1. The number of sulfone groups is 1. The molecule has 1 aliphatic heterocycles. The number of amides is 1. The van der Waals surface area contributed by atoms with Crippen LogP contribution in [0.15, 0.2) is 60.8 Å². The summed E-state index contributed by atoms with van der Waals surface area (Å²) in [5.41, 5.74) is 3.35. The lowest BCUT2D eigenvalue weighted by molar-refractivity contribution is 0.102. The molecule has 1 amide bonds. The van der Waals surface area contributed by atoms with Crippen LogP contribution in [0.4, 0.5) is 5.69 Å². The second kappa shape index (κ2) is 11.5. The van der Waals surface area contributed by atoms with Crippen LogP contribution < -0.4 is 10.1 Å². The summed E-state index contributed by atoms with van der Waals surface area (Å²) in [6.45, 7) is 3.32. The first-order valence-electron chi connectivity index (χ1n) is 11.5. The summed E-state index contributed by atoms with van der Waals surface area (Å²) < 4.78 is 30.9. The van der Waals surface area contributed by atoms with Gasteiger partial charge in [0.05, 0.1) is 11.4 Å². The minimum absolute atomic E-state index is 0.140. The summed E-state index contributed by atoms with van der Waals surface area (Å²) in [6, 6.07) is 16.3. The summed E-state index contributed by atoms with van der Waals surface area (Å²) in [4.78, 5) is 19.8. The van der Waals surface area contributed by atoms with Gasteiger partial charge in [-0.1, -0.05) is 12.1 Å². The van der Waals surface area contributed by atoms with E-state index in [1.165, 1.54) is 19.1 Å². The molecule has 0 bridgehead atoms. The molecule has 4 rings (SSSR count). The Morgan fingerprint density at radius 1 is 1.11 bits per heavy atom. The van der Waals surface area contributed by atoms with E-state index in [9.17, 15) is 13.2 Å². The third-order valence-electron chi connectivity index (χ3n) is 5.78. The van der Waals surface area contributed by atoms with Crippen molar-refractivity contribution >= 4 is 44.0 Å². The van der Waals surface area contributed by atoms with E-state index in [4.69, 9.17) is 4.74 Å². The monoisotopic (exact) mass is 605 g/mol. The van der Waals surface area contributed by atoms with E-state index in [1.54, 1.807) is 24.4 Å². The van der Waals surface area contributed by atoms with Crippen LogP contribution in [0, 0.1) is 3.57 Å². The molecule has 2 aromatic carbocycles. The van der Waals surface area contributed by atoms with Gasteiger partial charge in [0.1, 0.15) is 12.4 Å². The first kappa shape index (κ1) is 25.6. The highest BCUT2D eigenvalue weighted by atomic mass is 127. The zero-order valence-corrected chi connectivity index (χ0v) is 22.5. The maximum atomic E-state index is 13.1. The maximum absolute atomic E-state index is 13.1. The molecule has 0 unspecified atom stereocenters. The van der Waals surface area contributed by atoms with Crippen molar-refractivity contribution in [3.8, 4) is 17.0 Å². The lowest BCUT2D eigenvalue weighted by Gasteiger charge is -2.17. The van der Waals surface area contributed by atoms with Crippen molar-refractivity contribution in [3.05, 3.63) is 75.5 Å². The Labute approximate surface area is 220 Å². The molecule has 1 aliphatic rings. The second-order valence-electron chi connectivity index (χ2n) is 8.65. The fraction of sp³-hybridized carbons (Fsp3) is 0.308. The average molecular weight is 605 g/mol. The second-order valence-corrected chi connectivity index (χ2v) is 12.0. The molecular weight excluding hydrogens is 577 g/mol. The Bertz CT molecular complexity index is 1290. The predicted octanol–water partition coefficient (Wildman–Crippen LogP) is 4.62. The topological polar surface area (TPSA) is 88.6 Å². The van der Waals surface area contributed by atoms with Crippen LogP contribution in [0.3, 0.4) is 0 Å². The SMILES string of the molecule is CS(=O)(=O)Cc1ccc(C(=O)Nc2ccc(I)c(-c3ccccn3)c2)cc1OCCN1CCCC1. The molecule has 35 heavy (non-hydrogen) atoms. The standard InChI is InChI=1S/C26H28IN3O4S/c1-35(32,33)18-20-8-7-19(16-25(20)34-15-14-30-12-4-5-13-30)26(31)29-21-9-10-23(27)22(17-21)24-6-2-3-11-28-24/h2-3,6-11,16-17H,4-5,12-15,18H2,1H3,(H,29,31). The number of hydrogen-bond donors (Lipinski definition) is 1. The third-order valence-corrected chi connectivity index (χ3v) is 7.55. The number of pyridine rings is 1. The third kappa shape index (κ3) is 7.25. The quantitative estimate of drug-likeness (QED) is 0.358. The normalized spacial score (nSPS) is 14.1. The number of halogens is 1. The van der Waals surface area contributed by atoms with E-state index in [0.717, 1.165) is 34.5 Å². The number of carbonyl (C=O) groups excluding carboxylic acids is 1. The molecule has 1 fully saturated rings. The number of nitrogens with one attached hydrogen (secondary N) is 1. The number of aromatic nitrogens is 1. The minimum atomic E-state index is -3.25. The number of carbonyl (C=O) groups is 1. The molecule has 0 radical (unpaired) electrons. The molecule has 1 saturated heterocycles. The Kier molecular flexibility index (Phi) is 8.40. The summed E-state index contributed by atoms with van der Waals surface area (Å²) in [5.74, 6) is -0.00840. The highest BCUT2D eigenvalue weighted by molar-refractivity contribution is 14.1. The van der Waals surface area contributed by atoms with E-state index in [0.29, 0.717) is 29.2 Å². The van der Waals surface area contributed by atoms with Crippen LogP contribution in [0.2, 0.25) is 0 Å². The van der Waals surface area contributed by atoms with Crippen LogP contribution in [0.25, 0.3) is 11.3 Å². The van der Waals surface area contributed by atoms with Crippen LogP contribution in [0.1, 0.15) is 28.8 Å². The van der Waals surface area contributed by atoms with Gasteiger partial charge >= 0.3 is 0 Å². The molecule has 1 aromatic heterocycles. The molecule has 1 N–H and O–H groups in total.